The summed E-state index contributed by atoms with van der Waals surface area (Å²) in [4.78, 5) is 11.8. The molecule has 0 radical (unpaired) electrons. The SMILES string of the molecule is O=C(O)/C(=C\c1cc(Cl)ccc1O)c1ccc(Cl)s1. The summed E-state index contributed by atoms with van der Waals surface area (Å²) < 4.78 is 0.498. The molecule has 0 amide bonds. The average molecular weight is 315 g/mol. The molecular weight excluding hydrogens is 307 g/mol. The van der Waals surface area contributed by atoms with Crippen LogP contribution in [0.15, 0.2) is 30.3 Å². The van der Waals surface area contributed by atoms with Crippen LogP contribution in [0, 0.1) is 0 Å². The fourth-order valence-electron chi connectivity index (χ4n) is 1.49. The van der Waals surface area contributed by atoms with E-state index in [1.807, 2.05) is 0 Å². The summed E-state index contributed by atoms with van der Waals surface area (Å²) in [6, 6.07) is 7.67. The van der Waals surface area contributed by atoms with Crippen LogP contribution < -0.4 is 0 Å². The smallest absolute Gasteiger partial charge is 0.337 e. The monoisotopic (exact) mass is 314 g/mol. The van der Waals surface area contributed by atoms with Gasteiger partial charge in [0.15, 0.2) is 0 Å². The quantitative estimate of drug-likeness (QED) is 0.826. The van der Waals surface area contributed by atoms with Crippen LogP contribution in [0.1, 0.15) is 10.4 Å². The summed E-state index contributed by atoms with van der Waals surface area (Å²) in [6.07, 6.45) is 1.37. The van der Waals surface area contributed by atoms with E-state index in [-0.39, 0.29) is 11.3 Å². The zero-order chi connectivity index (χ0) is 14.0. The first kappa shape index (κ1) is 13.9. The summed E-state index contributed by atoms with van der Waals surface area (Å²) >= 11 is 12.8. The van der Waals surface area contributed by atoms with E-state index in [1.54, 1.807) is 12.1 Å². The van der Waals surface area contributed by atoms with E-state index < -0.39 is 5.97 Å². The van der Waals surface area contributed by atoms with E-state index in [4.69, 9.17) is 23.2 Å². The minimum atomic E-state index is -1.10. The molecule has 0 unspecified atom stereocenters. The van der Waals surface area contributed by atoms with Crippen molar-refractivity contribution >= 4 is 52.2 Å². The van der Waals surface area contributed by atoms with Crippen molar-refractivity contribution in [3.63, 3.8) is 0 Å². The van der Waals surface area contributed by atoms with Crippen LogP contribution in [0.3, 0.4) is 0 Å². The number of carboxylic acid groups (broad SMARTS) is 1. The number of aliphatic carboxylic acids is 1. The molecule has 6 heteroatoms. The predicted octanol–water partition coefficient (Wildman–Crippen LogP) is 4.39. The van der Waals surface area contributed by atoms with E-state index in [2.05, 4.69) is 0 Å². The molecule has 0 fully saturated rings. The van der Waals surface area contributed by atoms with Gasteiger partial charge in [0.1, 0.15) is 5.75 Å². The molecule has 1 aromatic carbocycles. The lowest BCUT2D eigenvalue weighted by Gasteiger charge is -2.03. The second-order valence-electron chi connectivity index (χ2n) is 3.67. The van der Waals surface area contributed by atoms with Gasteiger partial charge in [0.2, 0.25) is 0 Å². The second kappa shape index (κ2) is 5.65. The fraction of sp³-hybridized carbons (Fsp3) is 0. The lowest BCUT2D eigenvalue weighted by atomic mass is 10.1. The maximum atomic E-state index is 11.3. The molecule has 2 aromatic rings. The highest BCUT2D eigenvalue weighted by molar-refractivity contribution is 7.17. The number of carbonyl (C=O) groups is 1. The minimum Gasteiger partial charge on any atom is -0.507 e. The normalized spacial score (nSPS) is 11.6. The Morgan fingerprint density at radius 1 is 1.21 bits per heavy atom. The average Bonchev–Trinajstić information content (AvgIpc) is 2.76. The van der Waals surface area contributed by atoms with Crippen LogP contribution in [0.25, 0.3) is 11.6 Å². The van der Waals surface area contributed by atoms with Gasteiger partial charge >= 0.3 is 5.97 Å². The third-order valence-corrected chi connectivity index (χ3v) is 3.86. The molecule has 0 spiro atoms. The van der Waals surface area contributed by atoms with E-state index in [9.17, 15) is 15.0 Å². The Bertz CT molecular complexity index is 662. The zero-order valence-electron chi connectivity index (χ0n) is 9.43. The molecule has 0 aliphatic rings. The van der Waals surface area contributed by atoms with Crippen molar-refractivity contribution in [1.29, 1.82) is 0 Å². The maximum Gasteiger partial charge on any atom is 0.337 e. The highest BCUT2D eigenvalue weighted by Crippen LogP contribution is 2.31. The number of benzene rings is 1. The number of phenolic OH excluding ortho intramolecular Hbond substituents is 1. The van der Waals surface area contributed by atoms with Crippen LogP contribution in [-0.4, -0.2) is 16.2 Å². The van der Waals surface area contributed by atoms with E-state index in [1.165, 1.54) is 24.3 Å². The molecule has 0 saturated heterocycles. The topological polar surface area (TPSA) is 57.5 Å². The summed E-state index contributed by atoms with van der Waals surface area (Å²) in [5.74, 6) is -1.14. The van der Waals surface area contributed by atoms with Gasteiger partial charge in [-0.05, 0) is 36.4 Å². The number of phenols is 1. The summed E-state index contributed by atoms with van der Waals surface area (Å²) in [7, 11) is 0. The van der Waals surface area contributed by atoms with Gasteiger partial charge in [-0.15, -0.1) is 11.3 Å². The van der Waals surface area contributed by atoms with E-state index in [0.29, 0.717) is 19.8 Å². The zero-order valence-corrected chi connectivity index (χ0v) is 11.8. The Hall–Kier alpha value is -1.49. The maximum absolute atomic E-state index is 11.3. The molecule has 0 aliphatic heterocycles. The van der Waals surface area contributed by atoms with Crippen LogP contribution in [0.5, 0.6) is 5.75 Å². The van der Waals surface area contributed by atoms with Crippen molar-refractivity contribution in [2.45, 2.75) is 0 Å². The van der Waals surface area contributed by atoms with Gasteiger partial charge in [0.05, 0.1) is 9.91 Å². The fourth-order valence-corrected chi connectivity index (χ4v) is 2.73. The van der Waals surface area contributed by atoms with Gasteiger partial charge < -0.3 is 10.2 Å². The lowest BCUT2D eigenvalue weighted by molar-refractivity contribution is -0.130. The molecule has 1 heterocycles. The van der Waals surface area contributed by atoms with Crippen LogP contribution in [0.4, 0.5) is 0 Å². The highest BCUT2D eigenvalue weighted by Gasteiger charge is 2.14. The molecule has 3 nitrogen and oxygen atoms in total. The molecule has 1 aromatic heterocycles. The standard InChI is InChI=1S/C13H8Cl2O3S/c14-8-1-2-10(16)7(5-8)6-9(13(17)18)11-3-4-12(15)19-11/h1-6,16H,(H,17,18)/b9-6-. The number of aromatic hydroxyl groups is 1. The third-order valence-electron chi connectivity index (χ3n) is 2.36. The Balaban J connectivity index is 2.53. The Labute approximate surface area is 123 Å². The molecule has 19 heavy (non-hydrogen) atoms. The molecule has 0 aliphatic carbocycles. The number of rotatable bonds is 3. The summed E-state index contributed by atoms with van der Waals surface area (Å²) in [5.41, 5.74) is 0.392. The van der Waals surface area contributed by atoms with Crippen molar-refractivity contribution < 1.29 is 15.0 Å². The van der Waals surface area contributed by atoms with E-state index >= 15 is 0 Å². The van der Waals surface area contributed by atoms with Gasteiger partial charge in [-0.2, -0.15) is 0 Å². The molecule has 2 N–H and O–H groups in total. The van der Waals surface area contributed by atoms with Crippen molar-refractivity contribution in [1.82, 2.24) is 0 Å². The third kappa shape index (κ3) is 3.29. The van der Waals surface area contributed by atoms with Crippen LogP contribution in [0.2, 0.25) is 9.36 Å². The van der Waals surface area contributed by atoms with Crippen molar-refractivity contribution in [2.24, 2.45) is 0 Å². The first-order valence-corrected chi connectivity index (χ1v) is 6.74. The first-order chi connectivity index (χ1) is 8.97. The molecule has 0 saturated carbocycles. The molecule has 2 rings (SSSR count). The van der Waals surface area contributed by atoms with Crippen LogP contribution >= 0.6 is 34.5 Å². The van der Waals surface area contributed by atoms with Gasteiger partial charge in [-0.1, -0.05) is 23.2 Å². The van der Waals surface area contributed by atoms with Crippen molar-refractivity contribution in [3.8, 4) is 5.75 Å². The van der Waals surface area contributed by atoms with E-state index in [0.717, 1.165) is 11.3 Å². The molecular formula is C13H8Cl2O3S. The molecule has 98 valence electrons. The summed E-state index contributed by atoms with van der Waals surface area (Å²) in [6.45, 7) is 0. The number of halogens is 2. The van der Waals surface area contributed by atoms with Crippen molar-refractivity contribution in [2.75, 3.05) is 0 Å². The van der Waals surface area contributed by atoms with Gasteiger partial charge in [-0.3, -0.25) is 0 Å². The Morgan fingerprint density at radius 2 is 1.95 bits per heavy atom. The largest absolute Gasteiger partial charge is 0.507 e. The highest BCUT2D eigenvalue weighted by atomic mass is 35.5. The van der Waals surface area contributed by atoms with Gasteiger partial charge in [0.25, 0.3) is 0 Å². The Morgan fingerprint density at radius 3 is 2.53 bits per heavy atom. The molecule has 0 bridgehead atoms. The minimum absolute atomic E-state index is 0.0363. The van der Waals surface area contributed by atoms with Gasteiger partial charge in [-0.25, -0.2) is 4.79 Å². The Kier molecular flexibility index (Phi) is 4.14. The predicted molar refractivity (Wildman–Crippen MR) is 78.0 cm³/mol. The van der Waals surface area contributed by atoms with Crippen LogP contribution in [-0.2, 0) is 4.79 Å². The number of carboxylic acids is 1. The lowest BCUT2D eigenvalue weighted by Crippen LogP contribution is -1.97. The summed E-state index contributed by atoms with van der Waals surface area (Å²) in [5, 5.41) is 19.4. The first-order valence-electron chi connectivity index (χ1n) is 5.16. The number of hydrogen-bond donors (Lipinski definition) is 2. The number of hydrogen-bond acceptors (Lipinski definition) is 3. The number of thiophene rings is 1. The van der Waals surface area contributed by atoms with Gasteiger partial charge in [0, 0.05) is 15.5 Å². The van der Waals surface area contributed by atoms with Crippen molar-refractivity contribution in [3.05, 3.63) is 50.1 Å². The molecule has 0 atom stereocenters. The second-order valence-corrected chi connectivity index (χ2v) is 5.82.